The Labute approximate surface area is 581 Å². The minimum atomic E-state index is -1.63. The van der Waals surface area contributed by atoms with E-state index in [0.29, 0.717) is 87.7 Å². The number of rotatable bonds is 22. The maximum Gasteiger partial charge on any atom is 0.407 e. The first-order valence-corrected chi connectivity index (χ1v) is 34.6. The highest BCUT2D eigenvalue weighted by molar-refractivity contribution is 7.99. The number of urea groups is 1. The zero-order valence-corrected chi connectivity index (χ0v) is 57.4. The highest BCUT2D eigenvalue weighted by atomic mass is 32.2. The van der Waals surface area contributed by atoms with Crippen molar-refractivity contribution < 1.29 is 76.7 Å². The number of nitrogens with zero attached hydrogens (tertiary/aromatic N) is 4. The molecule has 10 atom stereocenters. The number of anilines is 1. The lowest BCUT2D eigenvalue weighted by molar-refractivity contribution is -0.158. The molecule has 2 unspecified atom stereocenters. The van der Waals surface area contributed by atoms with Crippen LogP contribution >= 0.6 is 11.8 Å². The van der Waals surface area contributed by atoms with Crippen molar-refractivity contribution in [3.63, 3.8) is 0 Å². The molecule has 10 heterocycles. The number of carbonyl (C=O) groups excluding carboxylic acids is 9. The fourth-order valence-corrected chi connectivity index (χ4v) is 17.2. The molecule has 0 saturated carbocycles. The summed E-state index contributed by atoms with van der Waals surface area (Å²) in [7, 11) is 3.44. The van der Waals surface area contributed by atoms with Crippen LogP contribution in [0.2, 0.25) is 0 Å². The number of carbonyl (C=O) groups is 9. The molecule has 0 radical (unpaired) electrons. The number of hydrogen-bond acceptors (Lipinski definition) is 21. The predicted molar refractivity (Wildman–Crippen MR) is 364 cm³/mol. The zero-order valence-electron chi connectivity index (χ0n) is 56.6. The molecule has 14 rings (SSSR count). The SMILES string of the molecule is COc1c(C)cc2c(c1O)[C@H]1[C@@H]3[C@@H]4SC[C@]5(N[C@H](CNC(=O)OCc6ccc(NC(=O)[C@H](CCCNC(N)=O)NC(=O)[C@@H](NC(=O)CCCCCN7C(=O)C=CC7=O)C(C)C)cc6)Cc6c5[nH]c5ccccc65)C(=O)OC[C@@H](c5c6c(c(C)c(OC(C)=O)c54)OCO6)N3C(C#N)(C2)CN1C. The van der Waals surface area contributed by atoms with Crippen molar-refractivity contribution in [1.29, 1.82) is 5.26 Å². The van der Waals surface area contributed by atoms with Crippen molar-refractivity contribution in [1.82, 2.24) is 46.3 Å². The Morgan fingerprint density at radius 3 is 2.38 bits per heavy atom. The Balaban J connectivity index is 0.755. The lowest BCUT2D eigenvalue weighted by Crippen LogP contribution is -2.70. The zero-order chi connectivity index (χ0) is 71.1. The van der Waals surface area contributed by atoms with E-state index in [-0.39, 0.29) is 113 Å². The standard InChI is InChI=1S/C71H82N12O16S/c1-36(2)55(79-49(85)17-9-8-12-25-82-50(86)22-23-51(82)87)66(90)78-47(16-13-24-74-68(73)92)65(89)76-42-20-18-40(19-21-42)30-96-69(93)75-29-43-27-45-44-14-10-11-15-46(44)77-64(45)71(80-43)34-100-63-54-53(62-61(97-35-98-62)38(4)60(54)99-39(5)84)48(31-95-67(71)91)83-57(63)56-52-41(26-37(3)59(94-7)58(52)88)28-70(83,32-72)33-81(56)6/h10-11,14-15,18-23,26,36,43,47-48,55-57,63,77,80,88H,8-9,12-13,16-17,24-25,27-31,33-35H2,1-7H3,(H,75,93)(H,76,89)(H,78,90)(H,79,85)(H3,73,74,92)/t43-,47-,48-,55-,56-,57+,63+,70?,71+/m0/s1. The van der Waals surface area contributed by atoms with Crippen LogP contribution in [-0.2, 0) is 68.0 Å². The number of nitriles is 1. The number of imide groups is 1. The first-order chi connectivity index (χ1) is 48.0. The molecule has 28 nitrogen and oxygen atoms in total. The average Bonchev–Trinajstić information content (AvgIpc) is 1.34. The number of likely N-dealkylation sites (N-methyl/N-ethyl adjacent to an activating group) is 1. The molecule has 10 N–H and O–H groups in total. The van der Waals surface area contributed by atoms with Gasteiger partial charge in [-0.1, -0.05) is 56.7 Å². The monoisotopic (exact) mass is 1390 g/mol. The highest BCUT2D eigenvalue weighted by Crippen LogP contribution is 2.66. The number of unbranched alkanes of at least 4 members (excludes halogenated alkanes) is 2. The number of thioether (sulfide) groups is 1. The first kappa shape index (κ1) is 70.0. The number of phenolic OH excluding ortho intramolecular Hbond substituents is 1. The number of aromatic amines is 1. The molecule has 9 aliphatic rings. The van der Waals surface area contributed by atoms with Gasteiger partial charge in [0.1, 0.15) is 36.6 Å². The number of benzene rings is 4. The smallest absolute Gasteiger partial charge is 0.407 e. The lowest BCUT2D eigenvalue weighted by Gasteiger charge is -2.60. The van der Waals surface area contributed by atoms with Crippen LogP contribution < -0.4 is 56.6 Å². The molecule has 9 aliphatic heterocycles. The summed E-state index contributed by atoms with van der Waals surface area (Å²) >= 11 is 1.41. The van der Waals surface area contributed by atoms with Gasteiger partial charge in [0.05, 0.1) is 36.2 Å². The first-order valence-electron chi connectivity index (χ1n) is 33.5. The molecule has 4 bridgehead atoms. The molecule has 0 aliphatic carbocycles. The fourth-order valence-electron chi connectivity index (χ4n) is 15.5. The number of amides is 8. The molecule has 4 aromatic carbocycles. The lowest BCUT2D eigenvalue weighted by atomic mass is 9.76. The topological polar surface area (TPSA) is 377 Å². The molecule has 29 heteroatoms. The number of nitrogens with one attached hydrogen (secondary N) is 7. The van der Waals surface area contributed by atoms with Gasteiger partial charge in [-0.25, -0.2) is 14.4 Å². The Bertz CT molecular complexity index is 4190. The highest BCUT2D eigenvalue weighted by Gasteiger charge is 2.65. The number of fused-ring (bicyclic) bond motifs is 8. The molecule has 2 saturated heterocycles. The number of nitrogens with two attached hydrogens (primary N) is 1. The van der Waals surface area contributed by atoms with Gasteiger partial charge in [0.2, 0.25) is 24.5 Å². The van der Waals surface area contributed by atoms with Gasteiger partial charge in [-0.15, -0.1) is 11.8 Å². The molecule has 5 aromatic rings. The van der Waals surface area contributed by atoms with Crippen LogP contribution in [0.3, 0.4) is 0 Å². The number of esters is 2. The molecule has 8 amide bonds. The Morgan fingerprint density at radius 1 is 0.910 bits per heavy atom. The second-order valence-corrected chi connectivity index (χ2v) is 28.0. The van der Waals surface area contributed by atoms with Crippen molar-refractivity contribution in [3.8, 4) is 34.8 Å². The minimum Gasteiger partial charge on any atom is -0.504 e. The van der Waals surface area contributed by atoms with Crippen LogP contribution in [-0.4, -0.2) is 168 Å². The van der Waals surface area contributed by atoms with E-state index < -0.39 is 88.5 Å². The van der Waals surface area contributed by atoms with E-state index in [1.807, 2.05) is 44.3 Å². The molecular weight excluding hydrogens is 1310 g/mol. The Morgan fingerprint density at radius 2 is 1.66 bits per heavy atom. The average molecular weight is 1390 g/mol. The predicted octanol–water partition coefficient (Wildman–Crippen LogP) is 5.55. The van der Waals surface area contributed by atoms with E-state index in [9.17, 15) is 48.7 Å². The van der Waals surface area contributed by atoms with Gasteiger partial charge < -0.3 is 70.8 Å². The summed E-state index contributed by atoms with van der Waals surface area (Å²) in [4.78, 5) is 128. The summed E-state index contributed by atoms with van der Waals surface area (Å²) < 4.78 is 37.2. The Hall–Kier alpha value is -9.89. The third-order valence-electron chi connectivity index (χ3n) is 19.9. The third-order valence-corrected chi connectivity index (χ3v) is 21.4. The van der Waals surface area contributed by atoms with Crippen LogP contribution in [0.1, 0.15) is 127 Å². The molecule has 1 spiro atoms. The number of aromatic hydroxyl groups is 1. The van der Waals surface area contributed by atoms with Crippen molar-refractivity contribution >= 4 is 82.0 Å². The van der Waals surface area contributed by atoms with Crippen molar-refractivity contribution in [2.45, 2.75) is 145 Å². The van der Waals surface area contributed by atoms with Crippen LogP contribution in [0.4, 0.5) is 15.3 Å². The molecule has 100 heavy (non-hydrogen) atoms. The largest absolute Gasteiger partial charge is 0.504 e. The van der Waals surface area contributed by atoms with E-state index in [1.165, 1.54) is 37.9 Å². The van der Waals surface area contributed by atoms with Gasteiger partial charge in [-0.3, -0.25) is 48.8 Å². The van der Waals surface area contributed by atoms with Crippen LogP contribution in [0.25, 0.3) is 10.9 Å². The number of H-pyrrole nitrogens is 1. The van der Waals surface area contributed by atoms with Gasteiger partial charge in [0, 0.05) is 115 Å². The number of hydrogen-bond donors (Lipinski definition) is 9. The minimum absolute atomic E-state index is 0.0122. The van der Waals surface area contributed by atoms with Gasteiger partial charge in [-0.05, 0) is 99.4 Å². The molecule has 528 valence electrons. The van der Waals surface area contributed by atoms with E-state index in [4.69, 9.17) is 34.2 Å². The van der Waals surface area contributed by atoms with Crippen molar-refractivity contribution in [3.05, 3.63) is 117 Å². The third kappa shape index (κ3) is 13.3. The van der Waals surface area contributed by atoms with E-state index in [2.05, 4.69) is 52.8 Å². The summed E-state index contributed by atoms with van der Waals surface area (Å²) in [6.07, 6.45) is 4.15. The summed E-state index contributed by atoms with van der Waals surface area (Å²) in [6.45, 7) is 8.44. The molecule has 2 fully saturated rings. The Kier molecular flexibility index (Phi) is 20.1. The number of ether oxygens (including phenoxy) is 6. The second kappa shape index (κ2) is 28.8. The number of para-hydroxylation sites is 1. The molecule has 1 aromatic heterocycles. The maximum atomic E-state index is 15.8. The van der Waals surface area contributed by atoms with Gasteiger partial charge in [0.25, 0.3) is 11.8 Å². The number of aryl methyl sites for hydroxylation is 1. The second-order valence-electron chi connectivity index (χ2n) is 26.9. The summed E-state index contributed by atoms with van der Waals surface area (Å²) in [5.41, 5.74) is 9.19. The molecular formula is C71H82N12O16S. The van der Waals surface area contributed by atoms with Gasteiger partial charge in [0.15, 0.2) is 28.5 Å². The number of methoxy groups -OCH3 is 1. The van der Waals surface area contributed by atoms with E-state index in [1.54, 1.807) is 45.0 Å². The van der Waals surface area contributed by atoms with Crippen LogP contribution in [0.15, 0.2) is 66.7 Å². The van der Waals surface area contributed by atoms with Crippen LogP contribution in [0, 0.1) is 31.1 Å². The van der Waals surface area contributed by atoms with Gasteiger partial charge >= 0.3 is 24.1 Å². The fraction of sp³-hybridized carbons (Fsp3) is 0.465. The number of phenols is 1. The van der Waals surface area contributed by atoms with E-state index in [0.717, 1.165) is 26.9 Å². The number of piperazine rings is 1. The van der Waals surface area contributed by atoms with Crippen LogP contribution in [0.5, 0.6) is 28.7 Å². The van der Waals surface area contributed by atoms with E-state index >= 15 is 4.79 Å². The summed E-state index contributed by atoms with van der Waals surface area (Å²) in [5, 5.41) is 41.8. The quantitative estimate of drug-likeness (QED) is 0.0177. The van der Waals surface area contributed by atoms with Crippen molar-refractivity contribution in [2.75, 3.05) is 64.8 Å². The normalized spacial score (nSPS) is 23.6. The summed E-state index contributed by atoms with van der Waals surface area (Å²) in [6, 6.07) is 13.3. The number of alkyl carbamates (subject to hydrolysis) is 1. The summed E-state index contributed by atoms with van der Waals surface area (Å²) in [5.74, 6) is -2.63. The van der Waals surface area contributed by atoms with Crippen molar-refractivity contribution in [2.24, 2.45) is 11.7 Å². The van der Waals surface area contributed by atoms with Gasteiger partial charge in [-0.2, -0.15) is 5.26 Å². The maximum absolute atomic E-state index is 15.8. The number of aromatic nitrogens is 1. The number of primary amides is 1.